The first kappa shape index (κ1) is 22.9. The van der Waals surface area contributed by atoms with Crippen LogP contribution in [0.3, 0.4) is 0 Å². The van der Waals surface area contributed by atoms with E-state index in [-0.39, 0.29) is 29.5 Å². The molecule has 2 saturated carbocycles. The van der Waals surface area contributed by atoms with Gasteiger partial charge in [0.15, 0.2) is 0 Å². The van der Waals surface area contributed by atoms with Crippen LogP contribution < -0.4 is 10.6 Å². The molecule has 1 unspecified atom stereocenters. The fourth-order valence-electron chi connectivity index (χ4n) is 3.67. The highest BCUT2D eigenvalue weighted by Gasteiger charge is 2.48. The third-order valence-electron chi connectivity index (χ3n) is 5.31. The highest BCUT2D eigenvalue weighted by molar-refractivity contribution is 7.85. The predicted octanol–water partition coefficient (Wildman–Crippen LogP) is 2.81. The van der Waals surface area contributed by atoms with Gasteiger partial charge < -0.3 is 10.6 Å². The molecule has 3 aliphatic rings. The predicted molar refractivity (Wildman–Crippen MR) is 95.9 cm³/mol. The molecule has 2 aliphatic carbocycles. The number of nitrogens with one attached hydrogen (secondary N) is 2. The Labute approximate surface area is 170 Å². The SMILES string of the molecule is CS(=O)(=O)O.O=C(NC(c1cc(F)c(C(F)(F)F)cc1F)C1CC1)[C@H]1C[C@H]2C[C@H]2N1. The van der Waals surface area contributed by atoms with Crippen LogP contribution >= 0.6 is 0 Å². The first-order valence-corrected chi connectivity index (χ1v) is 11.1. The van der Waals surface area contributed by atoms with E-state index in [2.05, 4.69) is 10.6 Å². The number of hydrogen-bond acceptors (Lipinski definition) is 4. The second kappa shape index (κ2) is 8.04. The van der Waals surface area contributed by atoms with Gasteiger partial charge in [-0.1, -0.05) is 0 Å². The van der Waals surface area contributed by atoms with Crippen molar-refractivity contribution in [3.8, 4) is 0 Å². The smallest absolute Gasteiger partial charge is 0.348 e. The van der Waals surface area contributed by atoms with Crippen LogP contribution in [0.4, 0.5) is 22.0 Å². The van der Waals surface area contributed by atoms with E-state index in [1.165, 1.54) is 0 Å². The van der Waals surface area contributed by atoms with Gasteiger partial charge in [-0.25, -0.2) is 8.78 Å². The van der Waals surface area contributed by atoms with Gasteiger partial charge in [0, 0.05) is 11.6 Å². The van der Waals surface area contributed by atoms with Gasteiger partial charge in [0.05, 0.1) is 23.9 Å². The number of rotatable bonds is 4. The molecule has 3 N–H and O–H groups in total. The molecule has 0 aromatic heterocycles. The summed E-state index contributed by atoms with van der Waals surface area (Å²) in [6, 6.07) is -0.0679. The second-order valence-electron chi connectivity index (χ2n) is 7.97. The Balaban J connectivity index is 0.000000461. The fraction of sp³-hybridized carbons (Fsp3) is 0.611. The van der Waals surface area contributed by atoms with Crippen molar-refractivity contribution >= 4 is 16.0 Å². The van der Waals surface area contributed by atoms with Crippen LogP contribution in [0.5, 0.6) is 0 Å². The largest absolute Gasteiger partial charge is 0.419 e. The van der Waals surface area contributed by atoms with E-state index >= 15 is 0 Å². The lowest BCUT2D eigenvalue weighted by Crippen LogP contribution is -2.44. The second-order valence-corrected chi connectivity index (χ2v) is 9.43. The van der Waals surface area contributed by atoms with Gasteiger partial charge in [-0.15, -0.1) is 0 Å². The summed E-state index contributed by atoms with van der Waals surface area (Å²) in [4.78, 5) is 12.4. The zero-order valence-corrected chi connectivity index (χ0v) is 16.7. The van der Waals surface area contributed by atoms with E-state index in [0.29, 0.717) is 30.7 Å². The van der Waals surface area contributed by atoms with Crippen LogP contribution in [0.1, 0.15) is 42.9 Å². The quantitative estimate of drug-likeness (QED) is 0.479. The molecule has 1 aromatic carbocycles. The number of hydrogen-bond donors (Lipinski definition) is 3. The minimum Gasteiger partial charge on any atom is -0.348 e. The molecule has 1 amide bonds. The molecular weight excluding hydrogens is 435 g/mol. The molecular formula is C18H21F5N2O4S. The summed E-state index contributed by atoms with van der Waals surface area (Å²) in [5.41, 5.74) is -1.85. The lowest BCUT2D eigenvalue weighted by molar-refractivity contribution is -0.140. The number of fused-ring (bicyclic) bond motifs is 1. The Bertz CT molecular complexity index is 915. The number of halogens is 5. The van der Waals surface area contributed by atoms with Gasteiger partial charge in [0.25, 0.3) is 10.1 Å². The highest BCUT2D eigenvalue weighted by atomic mass is 32.2. The summed E-state index contributed by atoms with van der Waals surface area (Å²) < 4.78 is 92.1. The minimum absolute atomic E-state index is 0.0782. The molecule has 0 radical (unpaired) electrons. The number of benzene rings is 1. The van der Waals surface area contributed by atoms with Crippen LogP contribution in [0.25, 0.3) is 0 Å². The Morgan fingerprint density at radius 3 is 2.27 bits per heavy atom. The van der Waals surface area contributed by atoms with Gasteiger partial charge in [-0.05, 0) is 49.7 Å². The third kappa shape index (κ3) is 5.88. The van der Waals surface area contributed by atoms with E-state index in [4.69, 9.17) is 4.55 Å². The molecule has 0 bridgehead atoms. The molecule has 30 heavy (non-hydrogen) atoms. The van der Waals surface area contributed by atoms with Crippen molar-refractivity contribution in [1.29, 1.82) is 0 Å². The van der Waals surface area contributed by atoms with E-state index < -0.39 is 39.5 Å². The Kier molecular flexibility index (Phi) is 6.14. The summed E-state index contributed by atoms with van der Waals surface area (Å²) >= 11 is 0. The molecule has 6 nitrogen and oxygen atoms in total. The van der Waals surface area contributed by atoms with Crippen LogP contribution in [0.15, 0.2) is 12.1 Å². The summed E-state index contributed by atoms with van der Waals surface area (Å²) in [5, 5.41) is 5.89. The van der Waals surface area contributed by atoms with Crippen molar-refractivity contribution in [2.75, 3.05) is 6.26 Å². The molecule has 168 valence electrons. The molecule has 0 spiro atoms. The molecule has 1 aromatic rings. The highest BCUT2D eigenvalue weighted by Crippen LogP contribution is 2.44. The monoisotopic (exact) mass is 456 g/mol. The maximum atomic E-state index is 14.3. The Morgan fingerprint density at radius 1 is 1.20 bits per heavy atom. The molecule has 1 saturated heterocycles. The average molecular weight is 456 g/mol. The number of carbonyl (C=O) groups excluding carboxylic acids is 1. The van der Waals surface area contributed by atoms with Gasteiger partial charge in [0.1, 0.15) is 11.6 Å². The number of amides is 1. The van der Waals surface area contributed by atoms with E-state index in [9.17, 15) is 35.2 Å². The van der Waals surface area contributed by atoms with Crippen LogP contribution in [0, 0.1) is 23.5 Å². The molecule has 1 aliphatic heterocycles. The van der Waals surface area contributed by atoms with Crippen molar-refractivity contribution in [2.24, 2.45) is 11.8 Å². The van der Waals surface area contributed by atoms with Gasteiger partial charge in [-0.2, -0.15) is 21.6 Å². The zero-order chi connectivity index (χ0) is 22.4. The van der Waals surface area contributed by atoms with Gasteiger partial charge in [0.2, 0.25) is 5.91 Å². The Hall–Kier alpha value is -1.79. The van der Waals surface area contributed by atoms with Crippen molar-refractivity contribution in [2.45, 2.75) is 50.0 Å². The van der Waals surface area contributed by atoms with Crippen molar-refractivity contribution in [1.82, 2.24) is 10.6 Å². The third-order valence-corrected chi connectivity index (χ3v) is 5.31. The molecule has 1 heterocycles. The van der Waals surface area contributed by atoms with E-state index in [0.717, 1.165) is 19.3 Å². The van der Waals surface area contributed by atoms with Crippen molar-refractivity contribution < 1.29 is 39.7 Å². The topological polar surface area (TPSA) is 95.5 Å². The van der Waals surface area contributed by atoms with Crippen LogP contribution in [-0.4, -0.2) is 37.2 Å². The maximum Gasteiger partial charge on any atom is 0.419 e. The van der Waals surface area contributed by atoms with Crippen LogP contribution in [-0.2, 0) is 21.1 Å². The normalized spacial score (nSPS) is 26.3. The Morgan fingerprint density at radius 2 is 1.80 bits per heavy atom. The number of piperidine rings is 1. The summed E-state index contributed by atoms with van der Waals surface area (Å²) in [6.07, 6.45) is -1.05. The summed E-state index contributed by atoms with van der Waals surface area (Å²) in [6.45, 7) is 0. The van der Waals surface area contributed by atoms with Crippen molar-refractivity contribution in [3.05, 3.63) is 34.9 Å². The zero-order valence-electron chi connectivity index (χ0n) is 15.8. The summed E-state index contributed by atoms with van der Waals surface area (Å²) in [7, 11) is -3.67. The molecule has 4 rings (SSSR count). The van der Waals surface area contributed by atoms with Crippen LogP contribution in [0.2, 0.25) is 0 Å². The van der Waals surface area contributed by atoms with E-state index in [1.807, 2.05) is 0 Å². The molecule has 4 atom stereocenters. The number of alkyl halides is 3. The lowest BCUT2D eigenvalue weighted by atomic mass is 9.98. The fourth-order valence-corrected chi connectivity index (χ4v) is 3.67. The van der Waals surface area contributed by atoms with Crippen molar-refractivity contribution in [3.63, 3.8) is 0 Å². The van der Waals surface area contributed by atoms with Gasteiger partial charge in [-0.3, -0.25) is 9.35 Å². The number of carbonyl (C=O) groups is 1. The lowest BCUT2D eigenvalue weighted by Gasteiger charge is -2.23. The van der Waals surface area contributed by atoms with E-state index in [1.54, 1.807) is 0 Å². The first-order chi connectivity index (χ1) is 13.7. The van der Waals surface area contributed by atoms with Gasteiger partial charge >= 0.3 is 6.18 Å². The summed E-state index contributed by atoms with van der Waals surface area (Å²) in [5.74, 6) is -2.55. The average Bonchev–Trinajstić information content (AvgIpc) is 3.51. The molecule has 3 fully saturated rings. The first-order valence-electron chi connectivity index (χ1n) is 9.29. The standard InChI is InChI=1S/C17H17F5N2O.CH4O3S/c18-11-6-10(17(20,21)22)12(19)5-9(11)15(7-1-2-7)24-16(25)14-4-8-3-13(8)23-14;1-5(2,3)4/h5-8,13-15,23H,1-4H2,(H,24,25);1H3,(H,2,3,4)/t8-,13-,14-,15?;/m1./s1. The molecule has 12 heteroatoms. The minimum atomic E-state index is -4.96. The maximum absolute atomic E-state index is 14.3.